The molecule has 2 fully saturated rings. The number of hydrogen-bond acceptors (Lipinski definition) is 1. The highest BCUT2D eigenvalue weighted by molar-refractivity contribution is 9.10. The number of amides is 1. The molecule has 0 heterocycles. The molecule has 0 aliphatic heterocycles. The number of aryl methyl sites for hydroxylation is 1. The molecule has 2 bridgehead atoms. The Bertz CT molecular complexity index is 500. The Kier molecular flexibility index (Phi) is 3.66. The molecule has 1 N–H and O–H groups in total. The summed E-state index contributed by atoms with van der Waals surface area (Å²) in [7, 11) is 0. The molecule has 2 aliphatic rings. The molecular weight excluding hydrogens is 302 g/mol. The summed E-state index contributed by atoms with van der Waals surface area (Å²) < 4.78 is 1.05. The Morgan fingerprint density at radius 2 is 2.21 bits per heavy atom. The standard InChI is InChI=1S/C16H20BrNO/c1-10-6-13(4-5-15(10)17)16(19)18-9-14-8-11-2-3-12(14)7-11/h4-6,11-12,14H,2-3,7-9H2,1H3,(H,18,19). The number of nitrogens with one attached hydrogen (secondary N) is 1. The largest absolute Gasteiger partial charge is 0.352 e. The van der Waals surface area contributed by atoms with Gasteiger partial charge in [-0.15, -0.1) is 0 Å². The number of benzene rings is 1. The number of carbonyl (C=O) groups excluding carboxylic acids is 1. The van der Waals surface area contributed by atoms with Crippen LogP contribution >= 0.6 is 15.9 Å². The van der Waals surface area contributed by atoms with Crippen LogP contribution in [0.5, 0.6) is 0 Å². The van der Waals surface area contributed by atoms with Crippen molar-refractivity contribution in [3.63, 3.8) is 0 Å². The molecule has 0 saturated heterocycles. The van der Waals surface area contributed by atoms with Gasteiger partial charge >= 0.3 is 0 Å². The van der Waals surface area contributed by atoms with E-state index in [-0.39, 0.29) is 5.91 Å². The van der Waals surface area contributed by atoms with E-state index in [9.17, 15) is 4.79 Å². The molecule has 0 aromatic heterocycles. The van der Waals surface area contributed by atoms with Crippen LogP contribution in [0.3, 0.4) is 0 Å². The topological polar surface area (TPSA) is 29.1 Å². The molecule has 3 atom stereocenters. The van der Waals surface area contributed by atoms with Crippen LogP contribution in [0, 0.1) is 24.7 Å². The van der Waals surface area contributed by atoms with Crippen LogP contribution in [-0.2, 0) is 0 Å². The van der Waals surface area contributed by atoms with Gasteiger partial charge in [0.1, 0.15) is 0 Å². The Labute approximate surface area is 123 Å². The number of carbonyl (C=O) groups is 1. The van der Waals surface area contributed by atoms with Crippen molar-refractivity contribution in [2.45, 2.75) is 32.6 Å². The maximum Gasteiger partial charge on any atom is 0.251 e. The van der Waals surface area contributed by atoms with Crippen LogP contribution in [0.4, 0.5) is 0 Å². The lowest BCUT2D eigenvalue weighted by atomic mass is 9.89. The SMILES string of the molecule is Cc1cc(C(=O)NCC2CC3CCC2C3)ccc1Br. The average Bonchev–Trinajstić information content (AvgIpc) is 3.01. The van der Waals surface area contributed by atoms with Gasteiger partial charge in [0.25, 0.3) is 5.91 Å². The normalized spacial score (nSPS) is 28.6. The molecule has 2 aliphatic carbocycles. The smallest absolute Gasteiger partial charge is 0.251 e. The van der Waals surface area contributed by atoms with Crippen molar-refractivity contribution in [2.75, 3.05) is 6.54 Å². The summed E-state index contributed by atoms with van der Waals surface area (Å²) in [6, 6.07) is 5.77. The zero-order valence-electron chi connectivity index (χ0n) is 11.3. The van der Waals surface area contributed by atoms with Crippen LogP contribution in [0.2, 0.25) is 0 Å². The van der Waals surface area contributed by atoms with Gasteiger partial charge in [-0.25, -0.2) is 0 Å². The molecule has 1 aromatic carbocycles. The lowest BCUT2D eigenvalue weighted by Crippen LogP contribution is -2.31. The van der Waals surface area contributed by atoms with Crippen molar-refractivity contribution in [1.82, 2.24) is 5.32 Å². The highest BCUT2D eigenvalue weighted by atomic mass is 79.9. The first kappa shape index (κ1) is 13.2. The van der Waals surface area contributed by atoms with Crippen molar-refractivity contribution in [3.8, 4) is 0 Å². The summed E-state index contributed by atoms with van der Waals surface area (Å²) in [6.45, 7) is 2.87. The van der Waals surface area contributed by atoms with Crippen LogP contribution < -0.4 is 5.32 Å². The first-order chi connectivity index (χ1) is 9.13. The fraction of sp³-hybridized carbons (Fsp3) is 0.562. The van der Waals surface area contributed by atoms with Gasteiger partial charge in [0, 0.05) is 16.6 Å². The molecule has 3 rings (SSSR count). The predicted octanol–water partition coefficient (Wildman–Crippen LogP) is 3.92. The third kappa shape index (κ3) is 2.71. The zero-order chi connectivity index (χ0) is 13.4. The fourth-order valence-corrected chi connectivity index (χ4v) is 3.98. The molecule has 0 radical (unpaired) electrons. The lowest BCUT2D eigenvalue weighted by molar-refractivity contribution is 0.0941. The van der Waals surface area contributed by atoms with E-state index >= 15 is 0 Å². The van der Waals surface area contributed by atoms with Gasteiger partial charge < -0.3 is 5.32 Å². The number of hydrogen-bond donors (Lipinski definition) is 1. The minimum atomic E-state index is 0.0679. The molecular formula is C16H20BrNO. The molecule has 0 spiro atoms. The minimum Gasteiger partial charge on any atom is -0.352 e. The third-order valence-corrected chi connectivity index (χ3v) is 5.72. The Morgan fingerprint density at radius 3 is 2.84 bits per heavy atom. The van der Waals surface area contributed by atoms with E-state index in [1.54, 1.807) is 0 Å². The second kappa shape index (κ2) is 5.28. The van der Waals surface area contributed by atoms with Crippen molar-refractivity contribution in [1.29, 1.82) is 0 Å². The van der Waals surface area contributed by atoms with Gasteiger partial charge in [-0.1, -0.05) is 22.4 Å². The monoisotopic (exact) mass is 321 g/mol. The van der Waals surface area contributed by atoms with Crippen molar-refractivity contribution < 1.29 is 4.79 Å². The van der Waals surface area contributed by atoms with E-state index in [1.807, 2.05) is 25.1 Å². The summed E-state index contributed by atoms with van der Waals surface area (Å²) >= 11 is 3.46. The van der Waals surface area contributed by atoms with Crippen LogP contribution in [0.25, 0.3) is 0 Å². The maximum absolute atomic E-state index is 12.1. The van der Waals surface area contributed by atoms with Gasteiger partial charge in [-0.05, 0) is 67.7 Å². The van der Waals surface area contributed by atoms with E-state index in [0.29, 0.717) is 0 Å². The van der Waals surface area contributed by atoms with Gasteiger partial charge in [0.2, 0.25) is 0 Å². The first-order valence-corrected chi connectivity index (χ1v) is 7.97. The van der Waals surface area contributed by atoms with Crippen molar-refractivity contribution in [3.05, 3.63) is 33.8 Å². The molecule has 3 heteroatoms. The number of rotatable bonds is 3. The first-order valence-electron chi connectivity index (χ1n) is 7.18. The zero-order valence-corrected chi connectivity index (χ0v) is 12.9. The van der Waals surface area contributed by atoms with Crippen LogP contribution in [-0.4, -0.2) is 12.5 Å². The lowest BCUT2D eigenvalue weighted by Gasteiger charge is -2.21. The summed E-state index contributed by atoms with van der Waals surface area (Å²) in [5.41, 5.74) is 1.87. The van der Waals surface area contributed by atoms with Gasteiger partial charge in [-0.3, -0.25) is 4.79 Å². The molecule has 19 heavy (non-hydrogen) atoms. The van der Waals surface area contributed by atoms with E-state index in [4.69, 9.17) is 0 Å². The van der Waals surface area contributed by atoms with E-state index < -0.39 is 0 Å². The second-order valence-electron chi connectivity index (χ2n) is 6.11. The predicted molar refractivity (Wildman–Crippen MR) is 80.2 cm³/mol. The fourth-order valence-electron chi connectivity index (χ4n) is 3.74. The summed E-state index contributed by atoms with van der Waals surface area (Å²) in [5.74, 6) is 2.61. The summed E-state index contributed by atoms with van der Waals surface area (Å²) in [4.78, 5) is 12.1. The number of fused-ring (bicyclic) bond motifs is 2. The second-order valence-corrected chi connectivity index (χ2v) is 6.96. The van der Waals surface area contributed by atoms with E-state index in [1.165, 1.54) is 25.7 Å². The number of halogens is 1. The minimum absolute atomic E-state index is 0.0679. The molecule has 3 unspecified atom stereocenters. The Morgan fingerprint density at radius 1 is 1.37 bits per heavy atom. The molecule has 2 nitrogen and oxygen atoms in total. The van der Waals surface area contributed by atoms with Crippen molar-refractivity contribution >= 4 is 21.8 Å². The highest BCUT2D eigenvalue weighted by Crippen LogP contribution is 2.47. The quantitative estimate of drug-likeness (QED) is 0.898. The Balaban J connectivity index is 1.57. The molecule has 2 saturated carbocycles. The van der Waals surface area contributed by atoms with Gasteiger partial charge in [-0.2, -0.15) is 0 Å². The average molecular weight is 322 g/mol. The van der Waals surface area contributed by atoms with E-state index in [0.717, 1.165) is 39.9 Å². The third-order valence-electron chi connectivity index (χ3n) is 4.83. The Hall–Kier alpha value is -0.830. The van der Waals surface area contributed by atoms with Crippen molar-refractivity contribution in [2.24, 2.45) is 17.8 Å². The summed E-state index contributed by atoms with van der Waals surface area (Å²) in [5, 5.41) is 3.12. The van der Waals surface area contributed by atoms with Crippen LogP contribution in [0.15, 0.2) is 22.7 Å². The van der Waals surface area contributed by atoms with Gasteiger partial charge in [0.05, 0.1) is 0 Å². The molecule has 1 aromatic rings. The highest BCUT2D eigenvalue weighted by Gasteiger charge is 2.39. The summed E-state index contributed by atoms with van der Waals surface area (Å²) in [6.07, 6.45) is 5.52. The van der Waals surface area contributed by atoms with E-state index in [2.05, 4.69) is 21.2 Å². The molecule has 1 amide bonds. The van der Waals surface area contributed by atoms with Crippen LogP contribution in [0.1, 0.15) is 41.6 Å². The maximum atomic E-state index is 12.1. The molecule has 102 valence electrons. The van der Waals surface area contributed by atoms with Gasteiger partial charge in [0.15, 0.2) is 0 Å².